The Bertz CT molecular complexity index is 1450. The van der Waals surface area contributed by atoms with Crippen molar-refractivity contribution in [3.05, 3.63) is 51.6 Å². The van der Waals surface area contributed by atoms with Crippen molar-refractivity contribution in [1.29, 1.82) is 0 Å². The van der Waals surface area contributed by atoms with E-state index >= 15 is 0 Å². The van der Waals surface area contributed by atoms with Crippen LogP contribution in [-0.4, -0.2) is 97.3 Å². The Balaban J connectivity index is 1.72. The van der Waals surface area contributed by atoms with E-state index in [-0.39, 0.29) is 42.0 Å². The fraction of sp³-hybridized carbons (Fsp3) is 0.483. The van der Waals surface area contributed by atoms with Gasteiger partial charge in [0.05, 0.1) is 40.6 Å². The molecular weight excluding hydrogens is 538 g/mol. The van der Waals surface area contributed by atoms with Crippen LogP contribution in [0.25, 0.3) is 0 Å². The molecule has 6 N–H and O–H groups in total. The highest BCUT2D eigenvalue weighted by molar-refractivity contribution is 6.31. The summed E-state index contributed by atoms with van der Waals surface area (Å²) >= 11 is 0. The zero-order chi connectivity index (χ0) is 30.1. The number of aliphatic hydroxyl groups excluding tert-OH is 1. The number of aromatic hydroxyl groups is 3. The van der Waals surface area contributed by atoms with Gasteiger partial charge in [-0.05, 0) is 33.5 Å². The summed E-state index contributed by atoms with van der Waals surface area (Å²) in [5.41, 5.74) is -4.49. The van der Waals surface area contributed by atoms with Gasteiger partial charge < -0.3 is 45.0 Å². The fourth-order valence-electron chi connectivity index (χ4n) is 6.49. The standard InChI is InChI=1S/C29H33NO11/c1-5-29(39)10-15(41-16-9-13(30(3)4)23(32)11(2)40-16)18-19(22(29)28(37)38)27(36)20-21(26(18)35)25(34)17-12(24(20)33)7-6-8-14(17)31/h6-8,11,13,15-16,22-23,31-32,35-36,39H,5,9-10H2,1-4H3,(H,37,38)/t11-,13-,15-,16-,22-,23+,29+/m0/s1. The van der Waals surface area contributed by atoms with E-state index in [1.807, 2.05) is 0 Å². The summed E-state index contributed by atoms with van der Waals surface area (Å²) in [4.78, 5) is 41.5. The number of nitrogens with zero attached hydrogens (tertiary/aromatic N) is 1. The number of hydrogen-bond donors (Lipinski definition) is 6. The summed E-state index contributed by atoms with van der Waals surface area (Å²) in [6.45, 7) is 3.21. The highest BCUT2D eigenvalue weighted by Crippen LogP contribution is 2.57. The molecule has 2 aromatic carbocycles. The Morgan fingerprint density at radius 1 is 1.07 bits per heavy atom. The maximum Gasteiger partial charge on any atom is 0.314 e. The van der Waals surface area contributed by atoms with E-state index in [0.29, 0.717) is 0 Å². The molecular formula is C29H33NO11. The third-order valence-electron chi connectivity index (χ3n) is 8.69. The first-order chi connectivity index (χ1) is 19.2. The lowest BCUT2D eigenvalue weighted by Gasteiger charge is -2.46. The first-order valence-corrected chi connectivity index (χ1v) is 13.4. The maximum absolute atomic E-state index is 13.6. The Hall–Kier alpha value is -3.55. The van der Waals surface area contributed by atoms with E-state index in [4.69, 9.17) is 9.47 Å². The van der Waals surface area contributed by atoms with E-state index in [9.17, 15) is 45.0 Å². The molecule has 1 fully saturated rings. The average Bonchev–Trinajstić information content (AvgIpc) is 2.90. The molecule has 0 bridgehead atoms. The minimum atomic E-state index is -1.99. The Labute approximate surface area is 235 Å². The molecule has 12 heteroatoms. The van der Waals surface area contributed by atoms with Crippen LogP contribution in [0.2, 0.25) is 0 Å². The van der Waals surface area contributed by atoms with Crippen molar-refractivity contribution in [2.45, 2.75) is 75.3 Å². The minimum Gasteiger partial charge on any atom is -0.507 e. The van der Waals surface area contributed by atoms with E-state index in [0.717, 1.165) is 0 Å². The zero-order valence-electron chi connectivity index (χ0n) is 23.0. The number of carboxylic acids is 1. The SMILES string of the molecule is CC[C@@]1(O)C[C@H](O[C@H]2C[C@H](N(C)C)[C@H](O)[C@H](C)O2)c2c(O)c3c(c(O)c2[C@H]1C(=O)O)C(=O)c1cccc(O)c1C3=O. The number of ketones is 2. The van der Waals surface area contributed by atoms with Crippen LogP contribution in [0, 0.1) is 0 Å². The number of aliphatic hydroxyl groups is 2. The second-order valence-electron chi connectivity index (χ2n) is 11.2. The molecule has 1 saturated heterocycles. The van der Waals surface area contributed by atoms with Gasteiger partial charge in [-0.15, -0.1) is 0 Å². The van der Waals surface area contributed by atoms with Crippen LogP contribution < -0.4 is 0 Å². The summed E-state index contributed by atoms with van der Waals surface area (Å²) in [6.07, 6.45) is -4.05. The van der Waals surface area contributed by atoms with Gasteiger partial charge in [0.25, 0.3) is 0 Å². The van der Waals surface area contributed by atoms with Gasteiger partial charge in [0.2, 0.25) is 5.78 Å². The summed E-state index contributed by atoms with van der Waals surface area (Å²) in [5.74, 6) is -7.30. The Kier molecular flexibility index (Phi) is 7.11. The minimum absolute atomic E-state index is 0.0922. The molecule has 1 heterocycles. The van der Waals surface area contributed by atoms with E-state index in [1.165, 1.54) is 18.2 Å². The van der Waals surface area contributed by atoms with Crippen molar-refractivity contribution in [3.8, 4) is 17.2 Å². The predicted molar refractivity (Wildman–Crippen MR) is 141 cm³/mol. The monoisotopic (exact) mass is 571 g/mol. The lowest BCUT2D eigenvalue weighted by atomic mass is 9.66. The molecule has 5 rings (SSSR count). The molecule has 12 nitrogen and oxygen atoms in total. The summed E-state index contributed by atoms with van der Waals surface area (Å²) in [7, 11) is 3.55. The van der Waals surface area contributed by atoms with Crippen LogP contribution in [0.1, 0.15) is 88.1 Å². The van der Waals surface area contributed by atoms with Crippen LogP contribution in [0.3, 0.4) is 0 Å². The van der Waals surface area contributed by atoms with E-state index < -0.39 is 87.6 Å². The molecule has 0 saturated carbocycles. The van der Waals surface area contributed by atoms with Gasteiger partial charge in [-0.25, -0.2) is 0 Å². The molecule has 7 atom stereocenters. The number of likely N-dealkylation sites (N-methyl/N-ethyl adjacent to an activating group) is 1. The number of benzene rings is 2. The highest BCUT2D eigenvalue weighted by Gasteiger charge is 2.54. The third-order valence-corrected chi connectivity index (χ3v) is 8.69. The van der Waals surface area contributed by atoms with Crippen LogP contribution in [0.5, 0.6) is 17.2 Å². The number of phenolic OH excluding ortho intramolecular Hbond substituents is 3. The fourth-order valence-corrected chi connectivity index (χ4v) is 6.49. The van der Waals surface area contributed by atoms with Gasteiger partial charge in [0.1, 0.15) is 23.2 Å². The van der Waals surface area contributed by atoms with Crippen molar-refractivity contribution in [1.82, 2.24) is 4.90 Å². The normalized spacial score (nSPS) is 31.0. The summed E-state index contributed by atoms with van der Waals surface area (Å²) in [6, 6.07) is 3.43. The smallest absolute Gasteiger partial charge is 0.314 e. The molecule has 2 aliphatic carbocycles. The van der Waals surface area contributed by atoms with Crippen molar-refractivity contribution in [3.63, 3.8) is 0 Å². The number of rotatable bonds is 5. The molecule has 0 radical (unpaired) electrons. The van der Waals surface area contributed by atoms with Crippen LogP contribution in [-0.2, 0) is 14.3 Å². The van der Waals surface area contributed by atoms with Crippen LogP contribution >= 0.6 is 0 Å². The van der Waals surface area contributed by atoms with E-state index in [1.54, 1.807) is 32.8 Å². The van der Waals surface area contributed by atoms with Crippen LogP contribution in [0.4, 0.5) is 0 Å². The number of carbonyl (C=O) groups excluding carboxylic acids is 2. The number of ether oxygens (including phenoxy) is 2. The molecule has 41 heavy (non-hydrogen) atoms. The number of carboxylic acid groups (broad SMARTS) is 1. The first kappa shape index (κ1) is 29.0. The van der Waals surface area contributed by atoms with Crippen molar-refractivity contribution < 1.29 is 54.5 Å². The molecule has 0 unspecified atom stereocenters. The number of aliphatic carboxylic acids is 1. The van der Waals surface area contributed by atoms with Crippen LogP contribution in [0.15, 0.2) is 18.2 Å². The Morgan fingerprint density at radius 3 is 2.32 bits per heavy atom. The largest absolute Gasteiger partial charge is 0.507 e. The first-order valence-electron chi connectivity index (χ1n) is 13.4. The highest BCUT2D eigenvalue weighted by atomic mass is 16.7. The second-order valence-corrected chi connectivity index (χ2v) is 11.2. The number of phenols is 3. The van der Waals surface area contributed by atoms with Crippen molar-refractivity contribution in [2.24, 2.45) is 0 Å². The van der Waals surface area contributed by atoms with Gasteiger partial charge in [0.15, 0.2) is 12.1 Å². The lowest BCUT2D eigenvalue weighted by Crippen LogP contribution is -2.54. The van der Waals surface area contributed by atoms with Crippen molar-refractivity contribution >= 4 is 17.5 Å². The zero-order valence-corrected chi connectivity index (χ0v) is 23.0. The maximum atomic E-state index is 13.6. The molecule has 3 aliphatic rings. The quantitative estimate of drug-likeness (QED) is 0.243. The molecule has 1 aliphatic heterocycles. The second kappa shape index (κ2) is 10.1. The van der Waals surface area contributed by atoms with Crippen molar-refractivity contribution in [2.75, 3.05) is 14.1 Å². The number of hydrogen-bond acceptors (Lipinski definition) is 11. The van der Waals surface area contributed by atoms with Gasteiger partial charge >= 0.3 is 5.97 Å². The Morgan fingerprint density at radius 2 is 1.71 bits per heavy atom. The third kappa shape index (κ3) is 4.29. The molecule has 0 aromatic heterocycles. The number of carbonyl (C=O) groups is 3. The predicted octanol–water partition coefficient (Wildman–Crippen LogP) is 1.78. The van der Waals surface area contributed by atoms with E-state index in [2.05, 4.69) is 0 Å². The molecule has 0 spiro atoms. The average molecular weight is 572 g/mol. The van der Waals surface area contributed by atoms with Gasteiger partial charge in [-0.3, -0.25) is 14.4 Å². The molecule has 2 aromatic rings. The van der Waals surface area contributed by atoms with Gasteiger partial charge in [-0.2, -0.15) is 0 Å². The summed E-state index contributed by atoms with van der Waals surface area (Å²) < 4.78 is 12.1. The molecule has 0 amide bonds. The lowest BCUT2D eigenvalue weighted by molar-refractivity contribution is -0.258. The van der Waals surface area contributed by atoms with Gasteiger partial charge in [-0.1, -0.05) is 19.1 Å². The topological polar surface area (TPSA) is 194 Å². The number of fused-ring (bicyclic) bond motifs is 3. The van der Waals surface area contributed by atoms with Gasteiger partial charge in [0, 0.05) is 35.6 Å². The molecule has 220 valence electrons. The summed E-state index contributed by atoms with van der Waals surface area (Å²) in [5, 5.41) is 65.8.